The second kappa shape index (κ2) is 11.6. The maximum Gasteiger partial charge on any atom is 0.263 e. The topological polar surface area (TPSA) is 139 Å². The molecule has 35 heavy (non-hydrogen) atoms. The van der Waals surface area contributed by atoms with Crippen molar-refractivity contribution in [2.75, 3.05) is 38.7 Å². The van der Waals surface area contributed by atoms with E-state index in [1.54, 1.807) is 25.2 Å². The number of para-hydroxylation sites is 1. The molecule has 1 aromatic carbocycles. The number of rotatable bonds is 10. The van der Waals surface area contributed by atoms with Gasteiger partial charge in [-0.25, -0.2) is 8.78 Å². The highest BCUT2D eigenvalue weighted by atomic mass is 19.3. The molecule has 1 atom stereocenters. The van der Waals surface area contributed by atoms with Crippen molar-refractivity contribution in [1.82, 2.24) is 25.8 Å². The van der Waals surface area contributed by atoms with Crippen LogP contribution in [0.1, 0.15) is 29.6 Å². The third-order valence-electron chi connectivity index (χ3n) is 5.52. The lowest BCUT2D eigenvalue weighted by Gasteiger charge is -2.19. The van der Waals surface area contributed by atoms with Crippen LogP contribution in [0, 0.1) is 11.3 Å². The van der Waals surface area contributed by atoms with Gasteiger partial charge in [-0.05, 0) is 19.2 Å². The number of nitrogens with zero attached hydrogens (tertiary/aromatic N) is 3. The Bertz CT molecular complexity index is 1140. The van der Waals surface area contributed by atoms with Crippen molar-refractivity contribution in [3.63, 3.8) is 0 Å². The average Bonchev–Trinajstić information content (AvgIpc) is 3.14. The van der Waals surface area contributed by atoms with Crippen LogP contribution in [0.25, 0.3) is 10.9 Å². The SMILES string of the molecule is CNCCNC(=O)CCC(=O)Nc1cccc2c(C(=O)NCN3CC(F)(F)CC3C#N)ccnc12. The van der Waals surface area contributed by atoms with Gasteiger partial charge in [0, 0.05) is 43.9 Å². The van der Waals surface area contributed by atoms with Crippen molar-refractivity contribution in [3.8, 4) is 6.07 Å². The number of alkyl halides is 2. The Morgan fingerprint density at radius 3 is 2.69 bits per heavy atom. The van der Waals surface area contributed by atoms with Crippen LogP contribution >= 0.6 is 0 Å². The quantitative estimate of drug-likeness (QED) is 0.370. The molecule has 1 aliphatic rings. The highest BCUT2D eigenvalue weighted by Crippen LogP contribution is 2.31. The first-order valence-corrected chi connectivity index (χ1v) is 11.1. The first-order chi connectivity index (χ1) is 16.7. The number of nitrogens with one attached hydrogen (secondary N) is 4. The second-order valence-electron chi connectivity index (χ2n) is 8.18. The number of likely N-dealkylation sites (tertiary alicyclic amines) is 1. The van der Waals surface area contributed by atoms with E-state index in [2.05, 4.69) is 26.3 Å². The van der Waals surface area contributed by atoms with E-state index in [1.807, 2.05) is 6.07 Å². The van der Waals surface area contributed by atoms with Gasteiger partial charge in [0.05, 0.1) is 36.1 Å². The van der Waals surface area contributed by atoms with Crippen LogP contribution < -0.4 is 21.3 Å². The van der Waals surface area contributed by atoms with Crippen molar-refractivity contribution in [3.05, 3.63) is 36.0 Å². The van der Waals surface area contributed by atoms with Gasteiger partial charge in [-0.3, -0.25) is 24.3 Å². The molecule has 1 fully saturated rings. The summed E-state index contributed by atoms with van der Waals surface area (Å²) >= 11 is 0. The molecule has 12 heteroatoms. The number of pyridine rings is 1. The zero-order valence-corrected chi connectivity index (χ0v) is 19.2. The lowest BCUT2D eigenvalue weighted by molar-refractivity contribution is -0.124. The number of nitriles is 1. The van der Waals surface area contributed by atoms with Gasteiger partial charge in [0.2, 0.25) is 11.8 Å². The molecule has 0 spiro atoms. The van der Waals surface area contributed by atoms with Crippen molar-refractivity contribution in [1.29, 1.82) is 5.26 Å². The molecular weight excluding hydrogens is 460 g/mol. The minimum Gasteiger partial charge on any atom is -0.355 e. The number of anilines is 1. The fourth-order valence-corrected chi connectivity index (χ4v) is 3.78. The van der Waals surface area contributed by atoms with Crippen LogP contribution in [0.3, 0.4) is 0 Å². The fraction of sp³-hybridized carbons (Fsp3) is 0.435. The monoisotopic (exact) mass is 487 g/mol. The average molecular weight is 488 g/mol. The molecule has 2 aromatic rings. The van der Waals surface area contributed by atoms with Gasteiger partial charge in [-0.2, -0.15) is 5.26 Å². The summed E-state index contributed by atoms with van der Waals surface area (Å²) in [5.74, 6) is -4.11. The number of likely N-dealkylation sites (N-methyl/N-ethyl adjacent to an activating group) is 1. The van der Waals surface area contributed by atoms with Crippen LogP contribution in [-0.2, 0) is 9.59 Å². The smallest absolute Gasteiger partial charge is 0.263 e. The van der Waals surface area contributed by atoms with Crippen LogP contribution in [0.4, 0.5) is 14.5 Å². The molecule has 1 aliphatic heterocycles. The molecule has 1 aromatic heterocycles. The normalized spacial score (nSPS) is 17.0. The molecular formula is C23H27F2N7O3. The molecule has 0 aliphatic carbocycles. The summed E-state index contributed by atoms with van der Waals surface area (Å²) in [6, 6.07) is 7.27. The minimum atomic E-state index is -2.98. The maximum atomic E-state index is 13.6. The standard InChI is InChI=1S/C23H27F2N7O3/c1-27-9-10-28-19(33)5-6-20(34)31-18-4-2-3-16-17(7-8-29-21(16)18)22(35)30-14-32-13-23(24,25)11-15(32)12-26/h2-4,7-8,15,27H,5-6,9-11,13-14H2,1H3,(H,28,33)(H,30,35)(H,31,34). The second-order valence-corrected chi connectivity index (χ2v) is 8.18. The van der Waals surface area contributed by atoms with E-state index in [1.165, 1.54) is 17.2 Å². The van der Waals surface area contributed by atoms with E-state index in [-0.39, 0.29) is 36.9 Å². The predicted octanol–water partition coefficient (Wildman–Crippen LogP) is 1.21. The first-order valence-electron chi connectivity index (χ1n) is 11.1. The predicted molar refractivity (Wildman–Crippen MR) is 125 cm³/mol. The summed E-state index contributed by atoms with van der Waals surface area (Å²) in [5, 5.41) is 20.5. The molecule has 2 heterocycles. The number of aromatic nitrogens is 1. The molecule has 0 radical (unpaired) electrons. The zero-order valence-electron chi connectivity index (χ0n) is 19.2. The molecule has 0 bridgehead atoms. The number of halogens is 2. The van der Waals surface area contributed by atoms with Gasteiger partial charge in [0.25, 0.3) is 11.8 Å². The van der Waals surface area contributed by atoms with Gasteiger partial charge in [0.1, 0.15) is 6.04 Å². The van der Waals surface area contributed by atoms with Crippen LogP contribution in [0.15, 0.2) is 30.5 Å². The van der Waals surface area contributed by atoms with Gasteiger partial charge in [-0.1, -0.05) is 12.1 Å². The third kappa shape index (κ3) is 6.91. The highest BCUT2D eigenvalue weighted by molar-refractivity contribution is 6.10. The van der Waals surface area contributed by atoms with E-state index >= 15 is 0 Å². The Morgan fingerprint density at radius 2 is 1.94 bits per heavy atom. The van der Waals surface area contributed by atoms with Gasteiger partial charge in [0.15, 0.2) is 0 Å². The molecule has 0 saturated carbocycles. The minimum absolute atomic E-state index is 0.0253. The van der Waals surface area contributed by atoms with Crippen molar-refractivity contribution in [2.45, 2.75) is 31.2 Å². The summed E-state index contributed by atoms with van der Waals surface area (Å²) in [7, 11) is 1.77. The van der Waals surface area contributed by atoms with Crippen molar-refractivity contribution in [2.24, 2.45) is 0 Å². The van der Waals surface area contributed by atoms with Crippen LogP contribution in [-0.4, -0.2) is 72.9 Å². The van der Waals surface area contributed by atoms with E-state index < -0.39 is 30.8 Å². The summed E-state index contributed by atoms with van der Waals surface area (Å²) < 4.78 is 27.3. The Balaban J connectivity index is 1.65. The van der Waals surface area contributed by atoms with E-state index in [0.29, 0.717) is 29.7 Å². The largest absolute Gasteiger partial charge is 0.355 e. The van der Waals surface area contributed by atoms with Gasteiger partial charge >= 0.3 is 0 Å². The number of hydrogen-bond acceptors (Lipinski definition) is 7. The van der Waals surface area contributed by atoms with Crippen molar-refractivity contribution >= 4 is 34.3 Å². The van der Waals surface area contributed by atoms with Crippen LogP contribution in [0.2, 0.25) is 0 Å². The number of hydrogen-bond donors (Lipinski definition) is 4. The summed E-state index contributed by atoms with van der Waals surface area (Å²) in [5.41, 5.74) is 0.991. The lowest BCUT2D eigenvalue weighted by atomic mass is 10.1. The molecule has 1 saturated heterocycles. The van der Waals surface area contributed by atoms with Gasteiger partial charge < -0.3 is 21.3 Å². The number of fused-ring (bicyclic) bond motifs is 1. The van der Waals surface area contributed by atoms with Crippen molar-refractivity contribution < 1.29 is 23.2 Å². The van der Waals surface area contributed by atoms with Crippen LogP contribution in [0.5, 0.6) is 0 Å². The number of carbonyl (C=O) groups is 3. The van der Waals surface area contributed by atoms with E-state index in [9.17, 15) is 23.2 Å². The molecule has 4 N–H and O–H groups in total. The number of amides is 3. The molecule has 1 unspecified atom stereocenters. The molecule has 186 valence electrons. The Kier molecular flexibility index (Phi) is 8.62. The van der Waals surface area contributed by atoms with Gasteiger partial charge in [-0.15, -0.1) is 0 Å². The molecule has 3 amide bonds. The van der Waals surface area contributed by atoms with E-state index in [0.717, 1.165) is 0 Å². The number of benzene rings is 1. The lowest BCUT2D eigenvalue weighted by Crippen LogP contribution is -2.40. The zero-order chi connectivity index (χ0) is 25.4. The Morgan fingerprint density at radius 1 is 1.17 bits per heavy atom. The Hall–Kier alpha value is -3.69. The third-order valence-corrected chi connectivity index (χ3v) is 5.52. The maximum absolute atomic E-state index is 13.6. The summed E-state index contributed by atoms with van der Waals surface area (Å²) in [6.07, 6.45) is 0.839. The molecule has 3 rings (SSSR count). The number of carbonyl (C=O) groups excluding carboxylic acids is 3. The highest BCUT2D eigenvalue weighted by Gasteiger charge is 2.45. The van der Waals surface area contributed by atoms with E-state index in [4.69, 9.17) is 5.26 Å². The summed E-state index contributed by atoms with van der Waals surface area (Å²) in [6.45, 7) is 0.279. The summed E-state index contributed by atoms with van der Waals surface area (Å²) in [4.78, 5) is 42.5. The fourth-order valence-electron chi connectivity index (χ4n) is 3.78. The molecule has 10 nitrogen and oxygen atoms in total. The first kappa shape index (κ1) is 25.9. The Labute approximate surface area is 201 Å².